The van der Waals surface area contributed by atoms with Crippen molar-refractivity contribution in [2.24, 2.45) is 0 Å². The van der Waals surface area contributed by atoms with E-state index in [1.54, 1.807) is 6.07 Å². The molecule has 6 heteroatoms. The molecule has 3 rings (SSSR count). The molecule has 0 bridgehead atoms. The van der Waals surface area contributed by atoms with Gasteiger partial charge in [0.25, 0.3) is 5.91 Å². The van der Waals surface area contributed by atoms with Gasteiger partial charge in [-0.3, -0.25) is 9.59 Å². The molecule has 2 aromatic rings. The summed E-state index contributed by atoms with van der Waals surface area (Å²) in [5.41, 5.74) is 1.74. The quantitative estimate of drug-likeness (QED) is 0.593. The topological polar surface area (TPSA) is 67.9 Å². The van der Waals surface area contributed by atoms with Crippen molar-refractivity contribution in [3.63, 3.8) is 0 Å². The summed E-state index contributed by atoms with van der Waals surface area (Å²) in [6.07, 6.45) is 2.74. The molecule has 166 valence electrons. The van der Waals surface area contributed by atoms with Crippen molar-refractivity contribution in [1.82, 2.24) is 10.2 Å². The Bertz CT molecular complexity index is 832. The number of amides is 2. The molecule has 1 heterocycles. The van der Waals surface area contributed by atoms with Crippen molar-refractivity contribution >= 4 is 11.8 Å². The Morgan fingerprint density at radius 3 is 2.45 bits per heavy atom. The Morgan fingerprint density at radius 2 is 1.71 bits per heavy atom. The molecule has 1 aliphatic heterocycles. The van der Waals surface area contributed by atoms with Gasteiger partial charge in [0.2, 0.25) is 5.91 Å². The molecule has 0 radical (unpaired) electrons. The monoisotopic (exact) mass is 424 g/mol. The van der Waals surface area contributed by atoms with E-state index in [1.807, 2.05) is 60.4 Å². The van der Waals surface area contributed by atoms with Gasteiger partial charge in [0, 0.05) is 32.2 Å². The lowest BCUT2D eigenvalue weighted by Crippen LogP contribution is -2.46. The second-order valence-electron chi connectivity index (χ2n) is 7.66. The average molecular weight is 425 g/mol. The fraction of sp³-hybridized carbons (Fsp3) is 0.440. The minimum Gasteiger partial charge on any atom is -0.490 e. The van der Waals surface area contributed by atoms with Gasteiger partial charge in [-0.1, -0.05) is 42.5 Å². The Labute approximate surface area is 184 Å². The molecule has 1 N–H and O–H groups in total. The van der Waals surface area contributed by atoms with E-state index in [4.69, 9.17) is 9.47 Å². The number of aryl methyl sites for hydroxylation is 1. The van der Waals surface area contributed by atoms with E-state index < -0.39 is 0 Å². The molecule has 1 fully saturated rings. The molecule has 2 amide bonds. The van der Waals surface area contributed by atoms with Crippen LogP contribution in [0.3, 0.4) is 0 Å². The zero-order valence-electron chi connectivity index (χ0n) is 18.2. The number of rotatable bonds is 10. The van der Waals surface area contributed by atoms with Crippen LogP contribution in [0.5, 0.6) is 5.75 Å². The summed E-state index contributed by atoms with van der Waals surface area (Å²) in [4.78, 5) is 27.2. The summed E-state index contributed by atoms with van der Waals surface area (Å²) in [6, 6.07) is 17.5. The largest absolute Gasteiger partial charge is 0.490 e. The Balaban J connectivity index is 1.45. The number of hydrogen-bond donors (Lipinski definition) is 1. The maximum Gasteiger partial charge on any atom is 0.257 e. The van der Waals surface area contributed by atoms with Crippen LogP contribution in [0.1, 0.15) is 42.1 Å². The standard InChI is InChI=1S/C25H32N2O4/c1-2-30-18-19-31-23-11-7-6-10-22(23)25(29)27-16-14-21(15-17-27)26-24(28)13-12-20-8-4-3-5-9-20/h3-11,21H,2,12-19H2,1H3,(H,26,28). The summed E-state index contributed by atoms with van der Waals surface area (Å²) in [6.45, 7) is 4.73. The van der Waals surface area contributed by atoms with Gasteiger partial charge in [-0.25, -0.2) is 0 Å². The predicted molar refractivity (Wildman–Crippen MR) is 120 cm³/mol. The van der Waals surface area contributed by atoms with Crippen LogP contribution in [0.4, 0.5) is 0 Å². The number of nitrogens with one attached hydrogen (secondary N) is 1. The summed E-state index contributed by atoms with van der Waals surface area (Å²) in [7, 11) is 0. The van der Waals surface area contributed by atoms with Gasteiger partial charge in [0.1, 0.15) is 12.4 Å². The Kier molecular flexibility index (Phi) is 8.91. The van der Waals surface area contributed by atoms with Crippen LogP contribution >= 0.6 is 0 Å². The molecule has 0 aliphatic carbocycles. The van der Waals surface area contributed by atoms with E-state index in [9.17, 15) is 9.59 Å². The third-order valence-corrected chi connectivity index (χ3v) is 5.44. The number of benzene rings is 2. The summed E-state index contributed by atoms with van der Waals surface area (Å²) >= 11 is 0. The smallest absolute Gasteiger partial charge is 0.257 e. The minimum atomic E-state index is -0.0270. The van der Waals surface area contributed by atoms with Crippen LogP contribution in [0.15, 0.2) is 54.6 Å². The molecule has 0 unspecified atom stereocenters. The van der Waals surface area contributed by atoms with Crippen molar-refractivity contribution in [2.45, 2.75) is 38.6 Å². The number of piperidine rings is 1. The molecule has 6 nitrogen and oxygen atoms in total. The van der Waals surface area contributed by atoms with E-state index in [-0.39, 0.29) is 17.9 Å². The highest BCUT2D eigenvalue weighted by Crippen LogP contribution is 2.22. The maximum atomic E-state index is 13.0. The number of nitrogens with zero attached hydrogens (tertiary/aromatic N) is 1. The van der Waals surface area contributed by atoms with Crippen LogP contribution < -0.4 is 10.1 Å². The first kappa shape index (κ1) is 22.8. The Hall–Kier alpha value is -2.86. The van der Waals surface area contributed by atoms with Crippen molar-refractivity contribution < 1.29 is 19.1 Å². The highest BCUT2D eigenvalue weighted by molar-refractivity contribution is 5.97. The van der Waals surface area contributed by atoms with Gasteiger partial charge in [0.15, 0.2) is 0 Å². The van der Waals surface area contributed by atoms with Gasteiger partial charge in [-0.15, -0.1) is 0 Å². The van der Waals surface area contributed by atoms with E-state index in [2.05, 4.69) is 5.32 Å². The van der Waals surface area contributed by atoms with Gasteiger partial charge in [-0.05, 0) is 43.9 Å². The second-order valence-corrected chi connectivity index (χ2v) is 7.66. The number of carbonyl (C=O) groups excluding carboxylic acids is 2. The number of para-hydroxylation sites is 1. The van der Waals surface area contributed by atoms with Crippen molar-refractivity contribution in [3.8, 4) is 5.75 Å². The Morgan fingerprint density at radius 1 is 1.00 bits per heavy atom. The van der Waals surface area contributed by atoms with Crippen molar-refractivity contribution in [3.05, 3.63) is 65.7 Å². The van der Waals surface area contributed by atoms with Crippen LogP contribution in [0, 0.1) is 0 Å². The summed E-state index contributed by atoms with van der Waals surface area (Å²) < 4.78 is 11.1. The lowest BCUT2D eigenvalue weighted by Gasteiger charge is -2.32. The van der Waals surface area contributed by atoms with Gasteiger partial charge < -0.3 is 19.7 Å². The minimum absolute atomic E-state index is 0.0270. The summed E-state index contributed by atoms with van der Waals surface area (Å²) in [5, 5.41) is 3.12. The normalized spacial score (nSPS) is 14.3. The van der Waals surface area contributed by atoms with Crippen LogP contribution in [-0.2, 0) is 16.0 Å². The van der Waals surface area contributed by atoms with Gasteiger partial charge in [-0.2, -0.15) is 0 Å². The van der Waals surface area contributed by atoms with Crippen LogP contribution in [0.2, 0.25) is 0 Å². The molecular formula is C25H32N2O4. The first-order valence-electron chi connectivity index (χ1n) is 11.1. The third-order valence-electron chi connectivity index (χ3n) is 5.44. The zero-order valence-corrected chi connectivity index (χ0v) is 18.2. The second kappa shape index (κ2) is 12.1. The average Bonchev–Trinajstić information content (AvgIpc) is 2.81. The number of likely N-dealkylation sites (tertiary alicyclic amines) is 1. The van der Waals surface area contributed by atoms with Gasteiger partial charge >= 0.3 is 0 Å². The lowest BCUT2D eigenvalue weighted by atomic mass is 10.0. The van der Waals surface area contributed by atoms with Crippen molar-refractivity contribution in [2.75, 3.05) is 32.9 Å². The van der Waals surface area contributed by atoms with Crippen molar-refractivity contribution in [1.29, 1.82) is 0 Å². The first-order chi connectivity index (χ1) is 15.2. The number of carbonyl (C=O) groups is 2. The molecule has 1 saturated heterocycles. The van der Waals surface area contributed by atoms with E-state index in [0.29, 0.717) is 50.6 Å². The third kappa shape index (κ3) is 7.10. The van der Waals surface area contributed by atoms with E-state index in [1.165, 1.54) is 5.56 Å². The van der Waals surface area contributed by atoms with E-state index >= 15 is 0 Å². The van der Waals surface area contributed by atoms with Crippen LogP contribution in [-0.4, -0.2) is 55.7 Å². The zero-order chi connectivity index (χ0) is 21.9. The van der Waals surface area contributed by atoms with E-state index in [0.717, 1.165) is 19.3 Å². The number of hydrogen-bond acceptors (Lipinski definition) is 4. The molecule has 2 aromatic carbocycles. The fourth-order valence-electron chi connectivity index (χ4n) is 3.72. The molecule has 31 heavy (non-hydrogen) atoms. The fourth-order valence-corrected chi connectivity index (χ4v) is 3.72. The lowest BCUT2D eigenvalue weighted by molar-refractivity contribution is -0.122. The molecule has 1 aliphatic rings. The predicted octanol–water partition coefficient (Wildman–Crippen LogP) is 3.46. The SMILES string of the molecule is CCOCCOc1ccccc1C(=O)N1CCC(NC(=O)CCc2ccccc2)CC1. The van der Waals surface area contributed by atoms with Crippen LogP contribution in [0.25, 0.3) is 0 Å². The molecule has 0 atom stereocenters. The highest BCUT2D eigenvalue weighted by Gasteiger charge is 2.26. The molecular weight excluding hydrogens is 392 g/mol. The maximum absolute atomic E-state index is 13.0. The number of ether oxygens (including phenoxy) is 2. The van der Waals surface area contributed by atoms with Gasteiger partial charge in [0.05, 0.1) is 12.2 Å². The first-order valence-corrected chi connectivity index (χ1v) is 11.1. The molecule has 0 spiro atoms. The molecule has 0 aromatic heterocycles. The molecule has 0 saturated carbocycles. The highest BCUT2D eigenvalue weighted by atomic mass is 16.5. The summed E-state index contributed by atoms with van der Waals surface area (Å²) in [5.74, 6) is 0.631.